The summed E-state index contributed by atoms with van der Waals surface area (Å²) in [7, 11) is 0. The van der Waals surface area contributed by atoms with Crippen LogP contribution in [0, 0.1) is 5.92 Å². The van der Waals surface area contributed by atoms with Gasteiger partial charge in [0.2, 0.25) is 11.8 Å². The van der Waals surface area contributed by atoms with E-state index in [0.717, 1.165) is 37.9 Å². The second-order valence-electron chi connectivity index (χ2n) is 7.82. The summed E-state index contributed by atoms with van der Waals surface area (Å²) < 4.78 is 12.1. The Morgan fingerprint density at radius 1 is 1.15 bits per heavy atom. The first-order valence-corrected chi connectivity index (χ1v) is 9.61. The van der Waals surface area contributed by atoms with Crippen LogP contribution in [-0.2, 0) is 9.59 Å². The Morgan fingerprint density at radius 2 is 1.88 bits per heavy atom. The number of hydrogen-bond donors (Lipinski definition) is 1. The minimum Gasteiger partial charge on any atom is -0.448 e. The average molecular weight is 358 g/mol. The first kappa shape index (κ1) is 17.2. The largest absolute Gasteiger partial charge is 0.448 e. The van der Waals surface area contributed by atoms with E-state index in [0.29, 0.717) is 24.4 Å². The summed E-state index contributed by atoms with van der Waals surface area (Å²) in [6.45, 7) is 4.39. The van der Waals surface area contributed by atoms with Crippen molar-refractivity contribution in [3.05, 3.63) is 18.2 Å². The van der Waals surface area contributed by atoms with Crippen molar-refractivity contribution >= 4 is 17.5 Å². The molecule has 1 aromatic carbocycles. The van der Waals surface area contributed by atoms with Crippen molar-refractivity contribution in [2.45, 2.75) is 64.2 Å². The van der Waals surface area contributed by atoms with E-state index in [9.17, 15) is 9.59 Å². The predicted octanol–water partition coefficient (Wildman–Crippen LogP) is 3.31. The lowest BCUT2D eigenvalue weighted by atomic mass is 10.1. The molecule has 0 bridgehead atoms. The lowest BCUT2D eigenvalue weighted by molar-refractivity contribution is -0.139. The Balaban J connectivity index is 1.45. The van der Waals surface area contributed by atoms with E-state index in [1.165, 1.54) is 0 Å². The molecule has 3 aliphatic rings. The van der Waals surface area contributed by atoms with Gasteiger partial charge in [-0.15, -0.1) is 0 Å². The number of anilines is 1. The topological polar surface area (TPSA) is 67.9 Å². The van der Waals surface area contributed by atoms with Gasteiger partial charge in [0.25, 0.3) is 5.79 Å². The Kier molecular flexibility index (Phi) is 4.29. The van der Waals surface area contributed by atoms with Crippen LogP contribution in [0.3, 0.4) is 0 Å². The van der Waals surface area contributed by atoms with Gasteiger partial charge in [0.15, 0.2) is 11.5 Å². The Labute approximate surface area is 153 Å². The molecule has 1 aliphatic carbocycles. The summed E-state index contributed by atoms with van der Waals surface area (Å²) in [6, 6.07) is 5.11. The van der Waals surface area contributed by atoms with Gasteiger partial charge in [0, 0.05) is 37.1 Å². The van der Waals surface area contributed by atoms with Gasteiger partial charge < -0.3 is 19.7 Å². The number of carbonyl (C=O) groups excluding carboxylic acids is 2. The fraction of sp³-hybridized carbons (Fsp3) is 0.600. The number of benzene rings is 1. The Hall–Kier alpha value is -2.24. The molecule has 0 radical (unpaired) electrons. The van der Waals surface area contributed by atoms with Crippen molar-refractivity contribution in [2.24, 2.45) is 5.92 Å². The number of nitrogens with one attached hydrogen (secondary N) is 1. The summed E-state index contributed by atoms with van der Waals surface area (Å²) in [5.74, 6) is 0.726. The first-order chi connectivity index (χ1) is 12.5. The average Bonchev–Trinajstić information content (AvgIpc) is 3.33. The molecular formula is C20H26N2O4. The highest BCUT2D eigenvalue weighted by atomic mass is 16.7. The van der Waals surface area contributed by atoms with Crippen LogP contribution >= 0.6 is 0 Å². The molecule has 1 aromatic rings. The van der Waals surface area contributed by atoms with E-state index in [-0.39, 0.29) is 17.7 Å². The van der Waals surface area contributed by atoms with E-state index >= 15 is 0 Å². The lowest BCUT2D eigenvalue weighted by Crippen LogP contribution is -2.44. The van der Waals surface area contributed by atoms with Crippen LogP contribution in [0.4, 0.5) is 5.69 Å². The SMILES string of the molecule is CC(C)C(=O)N1CCC[C@@H]1C(=O)Nc1ccc2c(c1)OC1(CCCC1)O2. The highest BCUT2D eigenvalue weighted by Crippen LogP contribution is 2.47. The van der Waals surface area contributed by atoms with Crippen LogP contribution in [0.5, 0.6) is 11.5 Å². The summed E-state index contributed by atoms with van der Waals surface area (Å²) in [4.78, 5) is 26.8. The van der Waals surface area contributed by atoms with Gasteiger partial charge in [-0.25, -0.2) is 0 Å². The number of likely N-dealkylation sites (tertiary alicyclic amines) is 1. The summed E-state index contributed by atoms with van der Waals surface area (Å²) >= 11 is 0. The fourth-order valence-corrected chi connectivity index (χ4v) is 4.15. The van der Waals surface area contributed by atoms with Gasteiger partial charge in [-0.05, 0) is 37.8 Å². The van der Waals surface area contributed by atoms with E-state index < -0.39 is 11.8 Å². The van der Waals surface area contributed by atoms with Crippen LogP contribution < -0.4 is 14.8 Å². The summed E-state index contributed by atoms with van der Waals surface area (Å²) in [6.07, 6.45) is 5.59. The summed E-state index contributed by atoms with van der Waals surface area (Å²) in [5.41, 5.74) is 0.677. The standard InChI is InChI=1S/C20H26N2O4/c1-13(2)19(24)22-11-5-6-15(22)18(23)21-14-7-8-16-17(12-14)26-20(25-16)9-3-4-10-20/h7-8,12-13,15H,3-6,9-11H2,1-2H3,(H,21,23)/t15-/m1/s1. The zero-order valence-corrected chi connectivity index (χ0v) is 15.4. The number of nitrogens with zero attached hydrogens (tertiary/aromatic N) is 1. The third-order valence-corrected chi connectivity index (χ3v) is 5.50. The molecule has 6 nitrogen and oxygen atoms in total. The zero-order chi connectivity index (χ0) is 18.3. The van der Waals surface area contributed by atoms with Crippen molar-refractivity contribution in [2.75, 3.05) is 11.9 Å². The molecule has 2 amide bonds. The van der Waals surface area contributed by atoms with Crippen LogP contribution in [0.1, 0.15) is 52.4 Å². The minimum atomic E-state index is -0.503. The highest BCUT2D eigenvalue weighted by Gasteiger charge is 2.44. The third-order valence-electron chi connectivity index (χ3n) is 5.50. The van der Waals surface area contributed by atoms with E-state index in [4.69, 9.17) is 9.47 Å². The van der Waals surface area contributed by atoms with Gasteiger partial charge >= 0.3 is 0 Å². The van der Waals surface area contributed by atoms with E-state index in [1.54, 1.807) is 4.90 Å². The maximum atomic E-state index is 12.7. The van der Waals surface area contributed by atoms with Gasteiger partial charge in [0.05, 0.1) is 0 Å². The maximum absolute atomic E-state index is 12.7. The van der Waals surface area contributed by atoms with E-state index in [2.05, 4.69) is 5.32 Å². The van der Waals surface area contributed by atoms with Crippen molar-refractivity contribution in [3.8, 4) is 11.5 Å². The lowest BCUT2D eigenvalue weighted by Gasteiger charge is -2.25. The first-order valence-electron chi connectivity index (χ1n) is 9.61. The fourth-order valence-electron chi connectivity index (χ4n) is 4.15. The van der Waals surface area contributed by atoms with E-state index in [1.807, 2.05) is 32.0 Å². The Morgan fingerprint density at radius 3 is 2.62 bits per heavy atom. The second-order valence-corrected chi connectivity index (χ2v) is 7.82. The van der Waals surface area contributed by atoms with Crippen molar-refractivity contribution in [1.82, 2.24) is 4.90 Å². The van der Waals surface area contributed by atoms with Crippen molar-refractivity contribution in [3.63, 3.8) is 0 Å². The summed E-state index contributed by atoms with van der Waals surface area (Å²) in [5, 5.41) is 2.95. The number of rotatable bonds is 3. The number of ether oxygens (including phenoxy) is 2. The monoisotopic (exact) mass is 358 g/mol. The van der Waals surface area contributed by atoms with Gasteiger partial charge in [0.1, 0.15) is 6.04 Å². The van der Waals surface area contributed by atoms with Crippen LogP contribution in [-0.4, -0.2) is 35.1 Å². The number of hydrogen-bond acceptors (Lipinski definition) is 4. The molecule has 1 spiro atoms. The molecule has 1 saturated heterocycles. The molecule has 6 heteroatoms. The van der Waals surface area contributed by atoms with Gasteiger partial charge in [-0.1, -0.05) is 13.8 Å². The zero-order valence-electron chi connectivity index (χ0n) is 15.4. The number of amides is 2. The molecule has 1 atom stereocenters. The normalized spacial score (nSPS) is 23.0. The minimum absolute atomic E-state index is 0.0384. The maximum Gasteiger partial charge on any atom is 0.251 e. The molecule has 0 unspecified atom stereocenters. The molecular weight excluding hydrogens is 332 g/mol. The van der Waals surface area contributed by atoms with Crippen LogP contribution in [0.15, 0.2) is 18.2 Å². The smallest absolute Gasteiger partial charge is 0.251 e. The molecule has 4 rings (SSSR count). The van der Waals surface area contributed by atoms with Crippen molar-refractivity contribution in [1.29, 1.82) is 0 Å². The highest BCUT2D eigenvalue weighted by molar-refractivity contribution is 5.98. The van der Waals surface area contributed by atoms with Crippen LogP contribution in [0.25, 0.3) is 0 Å². The molecule has 2 aliphatic heterocycles. The molecule has 2 fully saturated rings. The van der Waals surface area contributed by atoms with Crippen LogP contribution in [0.2, 0.25) is 0 Å². The molecule has 140 valence electrons. The molecule has 1 saturated carbocycles. The molecule has 0 aromatic heterocycles. The molecule has 1 N–H and O–H groups in total. The van der Waals surface area contributed by atoms with Gasteiger partial charge in [-0.2, -0.15) is 0 Å². The van der Waals surface area contributed by atoms with Gasteiger partial charge in [-0.3, -0.25) is 9.59 Å². The van der Waals surface area contributed by atoms with Crippen molar-refractivity contribution < 1.29 is 19.1 Å². The quantitative estimate of drug-likeness (QED) is 0.900. The second kappa shape index (κ2) is 6.49. The third kappa shape index (κ3) is 3.02. The number of carbonyl (C=O) groups is 2. The molecule has 2 heterocycles. The Bertz CT molecular complexity index is 725. The predicted molar refractivity (Wildman–Crippen MR) is 97.1 cm³/mol. The molecule has 26 heavy (non-hydrogen) atoms. The number of fused-ring (bicyclic) bond motifs is 1.